The summed E-state index contributed by atoms with van der Waals surface area (Å²) in [5.74, 6) is -1.05. The van der Waals surface area contributed by atoms with Gasteiger partial charge in [-0.2, -0.15) is 0 Å². The first kappa shape index (κ1) is 12.1. The molecule has 1 amide bonds. The summed E-state index contributed by atoms with van der Waals surface area (Å²) in [5.41, 5.74) is -0.00336. The van der Waals surface area contributed by atoms with E-state index in [-0.39, 0.29) is 28.2 Å². The number of halogens is 1. The van der Waals surface area contributed by atoms with Gasteiger partial charge in [0, 0.05) is 12.3 Å². The van der Waals surface area contributed by atoms with Crippen LogP contribution in [0.4, 0.5) is 5.95 Å². The molecule has 0 radical (unpaired) electrons. The van der Waals surface area contributed by atoms with E-state index in [1.165, 1.54) is 24.4 Å². The first-order chi connectivity index (χ1) is 8.56. The monoisotopic (exact) mass is 265 g/mol. The van der Waals surface area contributed by atoms with Gasteiger partial charge in [-0.05, 0) is 18.2 Å². The maximum atomic E-state index is 11.8. The third kappa shape index (κ3) is 2.67. The lowest BCUT2D eigenvalue weighted by Crippen LogP contribution is -2.14. The minimum atomic E-state index is -0.602. The molecule has 1 heterocycles. The van der Waals surface area contributed by atoms with Crippen LogP contribution in [0.2, 0.25) is 5.15 Å². The molecule has 0 unspecified atom stereocenters. The number of hydrogen-bond acceptors (Lipinski definition) is 5. The van der Waals surface area contributed by atoms with Gasteiger partial charge in [0.25, 0.3) is 5.91 Å². The van der Waals surface area contributed by atoms with Gasteiger partial charge in [-0.25, -0.2) is 9.97 Å². The van der Waals surface area contributed by atoms with Crippen molar-refractivity contribution in [3.63, 3.8) is 0 Å². The van der Waals surface area contributed by atoms with Gasteiger partial charge < -0.3 is 10.2 Å². The second-order valence-electron chi connectivity index (χ2n) is 3.36. The Morgan fingerprint density at radius 2 is 2.06 bits per heavy atom. The van der Waals surface area contributed by atoms with Gasteiger partial charge in [-0.3, -0.25) is 10.1 Å². The van der Waals surface area contributed by atoms with E-state index in [4.69, 9.17) is 16.7 Å². The van der Waals surface area contributed by atoms with Gasteiger partial charge in [0.1, 0.15) is 16.7 Å². The second kappa shape index (κ2) is 4.89. The molecular formula is C11H8ClN3O3. The summed E-state index contributed by atoms with van der Waals surface area (Å²) in [6.45, 7) is 0. The zero-order valence-electron chi connectivity index (χ0n) is 8.96. The molecule has 0 spiro atoms. The van der Waals surface area contributed by atoms with Gasteiger partial charge in [-0.1, -0.05) is 11.6 Å². The lowest BCUT2D eigenvalue weighted by molar-refractivity contribution is 0.102. The molecule has 6 nitrogen and oxygen atoms in total. The number of phenols is 2. The summed E-state index contributed by atoms with van der Waals surface area (Å²) in [6.07, 6.45) is 1.39. The van der Waals surface area contributed by atoms with Crippen molar-refractivity contribution in [1.82, 2.24) is 9.97 Å². The molecule has 7 heteroatoms. The summed E-state index contributed by atoms with van der Waals surface area (Å²) >= 11 is 5.64. The van der Waals surface area contributed by atoms with Crippen molar-refractivity contribution in [2.75, 3.05) is 5.32 Å². The van der Waals surface area contributed by atoms with Gasteiger partial charge in [0.2, 0.25) is 5.95 Å². The molecule has 0 aliphatic heterocycles. The van der Waals surface area contributed by atoms with E-state index in [1.54, 1.807) is 0 Å². The molecule has 3 N–H and O–H groups in total. The third-order valence-electron chi connectivity index (χ3n) is 2.07. The average molecular weight is 266 g/mol. The molecule has 92 valence electrons. The molecule has 0 aliphatic rings. The van der Waals surface area contributed by atoms with Crippen LogP contribution in [0.3, 0.4) is 0 Å². The number of carbonyl (C=O) groups excluding carboxylic acids is 1. The molecule has 0 saturated carbocycles. The number of carbonyl (C=O) groups is 1. The fraction of sp³-hybridized carbons (Fsp3) is 0. The highest BCUT2D eigenvalue weighted by Crippen LogP contribution is 2.23. The Kier molecular flexibility index (Phi) is 3.29. The van der Waals surface area contributed by atoms with Crippen LogP contribution in [0.15, 0.2) is 30.5 Å². The largest absolute Gasteiger partial charge is 0.508 e. The minimum absolute atomic E-state index is 0.00336. The zero-order valence-corrected chi connectivity index (χ0v) is 9.72. The van der Waals surface area contributed by atoms with Crippen molar-refractivity contribution < 1.29 is 15.0 Å². The van der Waals surface area contributed by atoms with Crippen LogP contribution < -0.4 is 5.32 Å². The Morgan fingerprint density at radius 1 is 1.28 bits per heavy atom. The normalized spacial score (nSPS) is 10.1. The number of nitrogens with zero attached hydrogens (tertiary/aromatic N) is 2. The summed E-state index contributed by atoms with van der Waals surface area (Å²) in [4.78, 5) is 19.4. The lowest BCUT2D eigenvalue weighted by atomic mass is 10.2. The number of amides is 1. The van der Waals surface area contributed by atoms with Gasteiger partial charge >= 0.3 is 0 Å². The van der Waals surface area contributed by atoms with Crippen molar-refractivity contribution in [1.29, 1.82) is 0 Å². The topological polar surface area (TPSA) is 95.3 Å². The number of anilines is 1. The number of rotatable bonds is 2. The van der Waals surface area contributed by atoms with Crippen molar-refractivity contribution in [3.05, 3.63) is 41.2 Å². The van der Waals surface area contributed by atoms with Crippen molar-refractivity contribution in [2.45, 2.75) is 0 Å². The minimum Gasteiger partial charge on any atom is -0.508 e. The fourth-order valence-corrected chi connectivity index (χ4v) is 1.41. The maximum Gasteiger partial charge on any atom is 0.261 e. The highest BCUT2D eigenvalue weighted by Gasteiger charge is 2.13. The van der Waals surface area contributed by atoms with Crippen LogP contribution in [0.25, 0.3) is 0 Å². The molecule has 18 heavy (non-hydrogen) atoms. The fourth-order valence-electron chi connectivity index (χ4n) is 1.28. The average Bonchev–Trinajstić information content (AvgIpc) is 2.28. The van der Waals surface area contributed by atoms with E-state index < -0.39 is 5.91 Å². The van der Waals surface area contributed by atoms with E-state index in [2.05, 4.69) is 15.3 Å². The Balaban J connectivity index is 2.22. The van der Waals surface area contributed by atoms with Gasteiger partial charge in [0.05, 0.1) is 5.56 Å². The summed E-state index contributed by atoms with van der Waals surface area (Å²) in [6, 6.07) is 5.10. The van der Waals surface area contributed by atoms with E-state index in [0.717, 1.165) is 6.07 Å². The highest BCUT2D eigenvalue weighted by atomic mass is 35.5. The second-order valence-corrected chi connectivity index (χ2v) is 3.75. The quantitative estimate of drug-likeness (QED) is 0.720. The first-order valence-corrected chi connectivity index (χ1v) is 5.26. The van der Waals surface area contributed by atoms with E-state index in [9.17, 15) is 9.90 Å². The molecule has 1 aromatic heterocycles. The number of phenolic OH excluding ortho intramolecular Hbond substituents is 2. The van der Waals surface area contributed by atoms with Crippen LogP contribution >= 0.6 is 11.6 Å². The van der Waals surface area contributed by atoms with E-state index in [0.29, 0.717) is 0 Å². The first-order valence-electron chi connectivity index (χ1n) is 4.88. The summed E-state index contributed by atoms with van der Waals surface area (Å²) < 4.78 is 0. The van der Waals surface area contributed by atoms with Crippen LogP contribution in [0, 0.1) is 0 Å². The molecule has 2 aromatic rings. The Hall–Kier alpha value is -2.34. The molecule has 0 atom stereocenters. The number of hydrogen-bond donors (Lipinski definition) is 3. The summed E-state index contributed by atoms with van der Waals surface area (Å²) in [5, 5.41) is 21.2. The lowest BCUT2D eigenvalue weighted by Gasteiger charge is -2.05. The molecule has 0 bridgehead atoms. The molecular weight excluding hydrogens is 258 g/mol. The Morgan fingerprint density at radius 3 is 2.72 bits per heavy atom. The molecule has 0 saturated heterocycles. The maximum absolute atomic E-state index is 11.8. The number of aromatic hydroxyl groups is 2. The SMILES string of the molecule is O=C(Nc1nccc(Cl)n1)c1ccc(O)cc1O. The van der Waals surface area contributed by atoms with E-state index in [1.807, 2.05) is 0 Å². The molecule has 1 aromatic carbocycles. The molecule has 0 fully saturated rings. The standard InChI is InChI=1S/C11H8ClN3O3/c12-9-3-4-13-11(14-9)15-10(18)7-2-1-6(16)5-8(7)17/h1-5,16-17H,(H,13,14,15,18). The van der Waals surface area contributed by atoms with Crippen LogP contribution in [0.5, 0.6) is 11.5 Å². The zero-order chi connectivity index (χ0) is 13.1. The molecule has 2 rings (SSSR count). The highest BCUT2D eigenvalue weighted by molar-refractivity contribution is 6.29. The van der Waals surface area contributed by atoms with E-state index >= 15 is 0 Å². The van der Waals surface area contributed by atoms with Crippen LogP contribution in [-0.2, 0) is 0 Å². The van der Waals surface area contributed by atoms with Gasteiger partial charge in [-0.15, -0.1) is 0 Å². The smallest absolute Gasteiger partial charge is 0.261 e. The van der Waals surface area contributed by atoms with Crippen molar-refractivity contribution in [3.8, 4) is 11.5 Å². The Labute approximate surface area is 107 Å². The Bertz CT molecular complexity index is 604. The predicted octanol–water partition coefficient (Wildman–Crippen LogP) is 1.79. The number of benzene rings is 1. The third-order valence-corrected chi connectivity index (χ3v) is 2.28. The van der Waals surface area contributed by atoms with Crippen LogP contribution in [-0.4, -0.2) is 26.1 Å². The number of aromatic nitrogens is 2. The summed E-state index contributed by atoms with van der Waals surface area (Å²) in [7, 11) is 0. The number of nitrogens with one attached hydrogen (secondary N) is 1. The van der Waals surface area contributed by atoms with Crippen molar-refractivity contribution >= 4 is 23.5 Å². The molecule has 0 aliphatic carbocycles. The van der Waals surface area contributed by atoms with Gasteiger partial charge in [0.15, 0.2) is 0 Å². The van der Waals surface area contributed by atoms with Crippen LogP contribution in [0.1, 0.15) is 10.4 Å². The van der Waals surface area contributed by atoms with Crippen molar-refractivity contribution in [2.24, 2.45) is 0 Å². The predicted molar refractivity (Wildman–Crippen MR) is 64.8 cm³/mol.